The van der Waals surface area contributed by atoms with Crippen LogP contribution in [0, 0.1) is 0 Å². The fourth-order valence-electron chi connectivity index (χ4n) is 8.70. The lowest BCUT2D eigenvalue weighted by Gasteiger charge is -2.45. The van der Waals surface area contributed by atoms with Crippen LogP contribution in [-0.2, 0) is 38.0 Å². The number of aliphatic hydroxyl groups is 9. The van der Waals surface area contributed by atoms with Crippen LogP contribution in [0.5, 0.6) is 40.2 Å². The van der Waals surface area contributed by atoms with Crippen molar-refractivity contribution < 1.29 is 123 Å². The van der Waals surface area contributed by atoms with Crippen LogP contribution in [0.3, 0.4) is 0 Å². The van der Waals surface area contributed by atoms with Gasteiger partial charge in [0.2, 0.25) is 29.5 Å². The molecule has 12 N–H and O–H groups in total. The van der Waals surface area contributed by atoms with Crippen LogP contribution in [0.2, 0.25) is 0 Å². The number of methoxy groups -OCH3 is 2. The monoisotopic (exact) mass is 1130 g/mol. The predicted octanol–water partition coefficient (Wildman–Crippen LogP) is 0.282. The molecule has 3 saturated heterocycles. The Morgan fingerprint density at radius 3 is 2.04 bits per heavy atom. The zero-order valence-electron chi connectivity index (χ0n) is 43.7. The van der Waals surface area contributed by atoms with Crippen molar-refractivity contribution in [3.05, 3.63) is 94.7 Å². The first-order chi connectivity index (χ1) is 37.9. The van der Waals surface area contributed by atoms with Crippen molar-refractivity contribution in [1.29, 1.82) is 0 Å². The van der Waals surface area contributed by atoms with Gasteiger partial charge in [0.25, 0.3) is 0 Å². The summed E-state index contributed by atoms with van der Waals surface area (Å²) in [5.41, 5.74) is -2.31. The highest BCUT2D eigenvalue weighted by atomic mass is 16.8. The normalized spacial score (nSPS) is 29.8. The second-order valence-corrected chi connectivity index (χ2v) is 19.3. The first-order valence-corrected chi connectivity index (χ1v) is 24.9. The van der Waals surface area contributed by atoms with E-state index in [4.69, 9.17) is 51.8 Å². The van der Waals surface area contributed by atoms with Crippen molar-refractivity contribution in [2.75, 3.05) is 27.4 Å². The number of hydrogen-bond acceptors (Lipinski definition) is 26. The van der Waals surface area contributed by atoms with Crippen molar-refractivity contribution >= 4 is 29.0 Å². The number of benzene rings is 3. The minimum atomic E-state index is -2.13. The van der Waals surface area contributed by atoms with E-state index in [-0.39, 0.29) is 52.7 Å². The van der Waals surface area contributed by atoms with Crippen molar-refractivity contribution in [2.45, 2.75) is 131 Å². The van der Waals surface area contributed by atoms with Gasteiger partial charge in [0.15, 0.2) is 35.8 Å². The molecular weight excluding hydrogens is 1060 g/mol. The van der Waals surface area contributed by atoms with Crippen LogP contribution >= 0.6 is 0 Å². The van der Waals surface area contributed by atoms with E-state index in [0.29, 0.717) is 5.56 Å². The molecule has 16 atom stereocenters. The molecule has 0 radical (unpaired) electrons. The van der Waals surface area contributed by atoms with E-state index in [1.165, 1.54) is 89.6 Å². The van der Waals surface area contributed by atoms with Gasteiger partial charge in [0.1, 0.15) is 89.8 Å². The fraction of sp³-hybridized carbons (Fsp3) is 0.463. The highest BCUT2D eigenvalue weighted by Gasteiger charge is 2.52. The van der Waals surface area contributed by atoms with Gasteiger partial charge in [-0.2, -0.15) is 0 Å². The van der Waals surface area contributed by atoms with E-state index in [2.05, 4.69) is 6.58 Å². The molecule has 3 aromatic carbocycles. The molecule has 4 aromatic rings. The maximum atomic E-state index is 14.7. The van der Waals surface area contributed by atoms with Crippen LogP contribution in [0.25, 0.3) is 28.4 Å². The number of phenolic OH excluding ortho intramolecular Hbond substituents is 3. The third-order valence-corrected chi connectivity index (χ3v) is 13.5. The lowest BCUT2D eigenvalue weighted by atomic mass is 9.97. The summed E-state index contributed by atoms with van der Waals surface area (Å²) in [6.45, 7) is 6.22. The van der Waals surface area contributed by atoms with Gasteiger partial charge in [0.05, 0.1) is 32.5 Å². The first-order valence-electron chi connectivity index (χ1n) is 24.9. The Bertz CT molecular complexity index is 2930. The number of carbonyl (C=O) groups is 2. The molecule has 3 fully saturated rings. The average molecular weight is 1130 g/mol. The van der Waals surface area contributed by atoms with E-state index < -0.39 is 157 Å². The fourth-order valence-corrected chi connectivity index (χ4v) is 8.70. The highest BCUT2D eigenvalue weighted by Crippen LogP contribution is 2.41. The van der Waals surface area contributed by atoms with Crippen LogP contribution in [0.4, 0.5) is 0 Å². The number of allylic oxidation sites excluding steroid dienone is 1. The molecule has 3 aliphatic heterocycles. The Kier molecular flexibility index (Phi) is 19.5. The molecule has 3 aliphatic rings. The van der Waals surface area contributed by atoms with Gasteiger partial charge < -0.3 is 113 Å². The molecule has 436 valence electrons. The Morgan fingerprint density at radius 2 is 1.40 bits per heavy atom. The van der Waals surface area contributed by atoms with E-state index in [1.54, 1.807) is 0 Å². The highest BCUT2D eigenvalue weighted by molar-refractivity contribution is 5.89. The number of fused-ring (bicyclic) bond motifs is 1. The average Bonchev–Trinajstić information content (AvgIpc) is 3.43. The maximum absolute atomic E-state index is 14.7. The molecule has 26 nitrogen and oxygen atoms in total. The van der Waals surface area contributed by atoms with Crippen molar-refractivity contribution in [1.82, 2.24) is 0 Å². The maximum Gasteiger partial charge on any atom is 0.333 e. The summed E-state index contributed by atoms with van der Waals surface area (Å²) in [6.07, 6.45) is -21.9. The summed E-state index contributed by atoms with van der Waals surface area (Å²) in [7, 11) is 2.61. The second-order valence-electron chi connectivity index (χ2n) is 19.3. The van der Waals surface area contributed by atoms with Gasteiger partial charge in [-0.05, 0) is 81.7 Å². The Hall–Kier alpha value is -6.89. The molecule has 0 aliphatic carbocycles. The van der Waals surface area contributed by atoms with E-state index >= 15 is 0 Å². The number of aliphatic hydroxyl groups excluding tert-OH is 8. The minimum absolute atomic E-state index is 0.0261. The summed E-state index contributed by atoms with van der Waals surface area (Å²) in [5, 5.41) is 129. The number of phenols is 3. The number of esters is 2. The molecule has 0 bridgehead atoms. The van der Waals surface area contributed by atoms with Crippen LogP contribution in [0.1, 0.15) is 39.2 Å². The molecule has 1 aromatic heterocycles. The van der Waals surface area contributed by atoms with Crippen molar-refractivity contribution in [2.24, 2.45) is 0 Å². The van der Waals surface area contributed by atoms with Gasteiger partial charge in [-0.25, -0.2) is 9.59 Å². The SMILES string of the molecule is C=CC(C)(O)CC/C=C(\C)C(=O)O[C@H]1[C@@H](Oc2cc(O)c3c(=O)c(O[C@@H]4O[C@H](CO)[C@@H](O)[C@H](O)[C@H]4O[C@H]4O[C@@H](COC(=O)/C=C/c5cc(OC)c(O)c(OC)c5)[C@H](O)[C@@H](O)[C@@H]4O)c(-c4ccc(O)cc4)oc3c2)O[C@@H](C)[C@H](O)[C@H]1O. The topological polar surface area (TPSA) is 399 Å². The molecule has 26 heteroatoms. The molecule has 80 heavy (non-hydrogen) atoms. The van der Waals surface area contributed by atoms with Gasteiger partial charge in [-0.3, -0.25) is 4.79 Å². The summed E-state index contributed by atoms with van der Waals surface area (Å²) in [5.74, 6) is -4.72. The molecule has 0 spiro atoms. The van der Waals surface area contributed by atoms with Gasteiger partial charge in [0, 0.05) is 29.3 Å². The molecule has 1 unspecified atom stereocenters. The van der Waals surface area contributed by atoms with Crippen LogP contribution in [-0.4, -0.2) is 198 Å². The van der Waals surface area contributed by atoms with E-state index in [1.807, 2.05) is 0 Å². The summed E-state index contributed by atoms with van der Waals surface area (Å²) in [6, 6.07) is 9.85. The van der Waals surface area contributed by atoms with Crippen LogP contribution < -0.4 is 24.4 Å². The Morgan fingerprint density at radius 1 is 0.775 bits per heavy atom. The van der Waals surface area contributed by atoms with Gasteiger partial charge >= 0.3 is 11.9 Å². The third kappa shape index (κ3) is 13.5. The second kappa shape index (κ2) is 25.7. The lowest BCUT2D eigenvalue weighted by Crippen LogP contribution is -2.65. The van der Waals surface area contributed by atoms with Crippen LogP contribution in [0.15, 0.2) is 88.1 Å². The zero-order chi connectivity index (χ0) is 58.5. The number of aromatic hydroxyl groups is 3. The quantitative estimate of drug-likeness (QED) is 0.0321. The van der Waals surface area contributed by atoms with E-state index in [9.17, 15) is 75.7 Å². The summed E-state index contributed by atoms with van der Waals surface area (Å²) < 4.78 is 62.7. The predicted molar refractivity (Wildman–Crippen MR) is 273 cm³/mol. The first kappa shape index (κ1) is 60.7. The standard InChI is InChI=1S/C54H64O26/c1-7-54(4,69)16-8-9-23(2)50(68)78-48-43(65)37(59)24(3)73-52(48)74-28-19-29(57)36-30(20-28)75-46(26-11-13-27(56)14-12-26)47(41(36)63)79-53-49(44(66)39(61)33(21-55)76-53)80-51-45(67)42(64)40(62)34(77-51)22-72-35(58)15-10-25-17-31(70-5)38(60)32(18-25)71-6/h7,9-15,17-20,24,33-34,37,39-40,42-45,48-49,51-53,55-57,59-62,64-67,69H,1,8,16,21-22H2,2-6H3/b15-10+,23-9+/t24-,33+,34-,37-,39+,40-,42+,43+,44-,45-,48+,49+,51+,52+,53-,54?/m0/s1. The van der Waals surface area contributed by atoms with E-state index in [0.717, 1.165) is 18.2 Å². The number of hydrogen-bond donors (Lipinski definition) is 12. The van der Waals surface area contributed by atoms with Gasteiger partial charge in [-0.1, -0.05) is 12.2 Å². The van der Waals surface area contributed by atoms with Crippen molar-refractivity contribution in [3.63, 3.8) is 0 Å². The third-order valence-electron chi connectivity index (χ3n) is 13.5. The number of carbonyl (C=O) groups excluding carboxylic acids is 2. The largest absolute Gasteiger partial charge is 0.508 e. The molecule has 0 saturated carbocycles. The zero-order valence-corrected chi connectivity index (χ0v) is 43.7. The molecule has 0 amide bonds. The summed E-state index contributed by atoms with van der Waals surface area (Å²) >= 11 is 0. The Labute approximate surface area is 455 Å². The molecule has 7 rings (SSSR count). The van der Waals surface area contributed by atoms with Crippen molar-refractivity contribution in [3.8, 4) is 51.6 Å². The lowest BCUT2D eigenvalue weighted by molar-refractivity contribution is -0.358. The molecular formula is C54H64O26. The summed E-state index contributed by atoms with van der Waals surface area (Å²) in [4.78, 5) is 40.8. The Balaban J connectivity index is 1.17. The number of rotatable bonds is 20. The number of ether oxygens (including phenoxy) is 10. The minimum Gasteiger partial charge on any atom is -0.508 e. The molecule has 4 heterocycles. The smallest absolute Gasteiger partial charge is 0.333 e. The van der Waals surface area contributed by atoms with Gasteiger partial charge in [-0.15, -0.1) is 6.58 Å².